The van der Waals surface area contributed by atoms with Gasteiger partial charge in [-0.05, 0) is 31.2 Å². The third-order valence-corrected chi connectivity index (χ3v) is 2.95. The molecule has 1 aromatic carbocycles. The molecule has 88 valence electrons. The van der Waals surface area contributed by atoms with Crippen molar-refractivity contribution in [2.24, 2.45) is 0 Å². The SMILES string of the molecule is CNC(c1ccccc1)c1c(C)ccnc1N. The van der Waals surface area contributed by atoms with Crippen LogP contribution in [0.2, 0.25) is 0 Å². The Hall–Kier alpha value is -1.87. The number of hydrogen-bond acceptors (Lipinski definition) is 3. The first-order valence-corrected chi connectivity index (χ1v) is 5.67. The molecule has 2 aromatic rings. The van der Waals surface area contributed by atoms with Gasteiger partial charge in [0.2, 0.25) is 0 Å². The number of pyridine rings is 1. The Labute approximate surface area is 102 Å². The molecule has 1 aromatic heterocycles. The Bertz CT molecular complexity index is 474. The van der Waals surface area contributed by atoms with Gasteiger partial charge in [-0.3, -0.25) is 0 Å². The number of aromatic nitrogens is 1. The first-order valence-electron chi connectivity index (χ1n) is 5.67. The van der Waals surface area contributed by atoms with Crippen LogP contribution in [0, 0.1) is 6.92 Å². The second-order valence-electron chi connectivity index (χ2n) is 4.06. The van der Waals surface area contributed by atoms with Gasteiger partial charge in [-0.25, -0.2) is 4.98 Å². The average molecular weight is 227 g/mol. The maximum absolute atomic E-state index is 5.98. The van der Waals surface area contributed by atoms with Crippen molar-refractivity contribution < 1.29 is 0 Å². The van der Waals surface area contributed by atoms with Crippen LogP contribution in [0.3, 0.4) is 0 Å². The van der Waals surface area contributed by atoms with E-state index < -0.39 is 0 Å². The van der Waals surface area contributed by atoms with E-state index in [1.54, 1.807) is 6.20 Å². The maximum Gasteiger partial charge on any atom is 0.128 e. The minimum Gasteiger partial charge on any atom is -0.383 e. The first-order chi connectivity index (χ1) is 8.24. The zero-order valence-electron chi connectivity index (χ0n) is 10.1. The number of rotatable bonds is 3. The fourth-order valence-corrected chi connectivity index (χ4v) is 2.09. The monoisotopic (exact) mass is 227 g/mol. The highest BCUT2D eigenvalue weighted by Gasteiger charge is 2.17. The number of nitrogen functional groups attached to an aromatic ring is 1. The van der Waals surface area contributed by atoms with E-state index in [1.165, 1.54) is 5.56 Å². The minimum absolute atomic E-state index is 0.0879. The molecule has 1 heterocycles. The molecule has 0 aliphatic heterocycles. The second kappa shape index (κ2) is 4.97. The molecule has 0 spiro atoms. The van der Waals surface area contributed by atoms with Gasteiger partial charge >= 0.3 is 0 Å². The van der Waals surface area contributed by atoms with Crippen LogP contribution in [0.15, 0.2) is 42.6 Å². The van der Waals surface area contributed by atoms with Gasteiger partial charge < -0.3 is 11.1 Å². The smallest absolute Gasteiger partial charge is 0.128 e. The van der Waals surface area contributed by atoms with Crippen LogP contribution in [-0.4, -0.2) is 12.0 Å². The first kappa shape index (κ1) is 11.6. The van der Waals surface area contributed by atoms with Crippen molar-refractivity contribution in [2.45, 2.75) is 13.0 Å². The summed E-state index contributed by atoms with van der Waals surface area (Å²) in [5.74, 6) is 0.591. The molecule has 0 aliphatic rings. The molecule has 0 aliphatic carbocycles. The van der Waals surface area contributed by atoms with E-state index in [9.17, 15) is 0 Å². The fourth-order valence-electron chi connectivity index (χ4n) is 2.09. The quantitative estimate of drug-likeness (QED) is 0.845. The lowest BCUT2D eigenvalue weighted by Crippen LogP contribution is -2.20. The summed E-state index contributed by atoms with van der Waals surface area (Å²) >= 11 is 0. The number of nitrogens with two attached hydrogens (primary N) is 1. The molecular weight excluding hydrogens is 210 g/mol. The molecule has 1 unspecified atom stereocenters. The summed E-state index contributed by atoms with van der Waals surface area (Å²) in [5, 5.41) is 3.30. The Morgan fingerprint density at radius 2 is 1.88 bits per heavy atom. The van der Waals surface area contributed by atoms with E-state index in [4.69, 9.17) is 5.73 Å². The van der Waals surface area contributed by atoms with E-state index in [1.807, 2.05) is 31.3 Å². The van der Waals surface area contributed by atoms with Crippen molar-refractivity contribution in [2.75, 3.05) is 12.8 Å². The molecule has 17 heavy (non-hydrogen) atoms. The minimum atomic E-state index is 0.0879. The molecule has 3 nitrogen and oxygen atoms in total. The van der Waals surface area contributed by atoms with Crippen molar-refractivity contribution in [3.8, 4) is 0 Å². The molecule has 0 amide bonds. The predicted molar refractivity (Wildman–Crippen MR) is 70.7 cm³/mol. The lowest BCUT2D eigenvalue weighted by atomic mass is 9.96. The summed E-state index contributed by atoms with van der Waals surface area (Å²) in [7, 11) is 1.93. The Morgan fingerprint density at radius 3 is 2.47 bits per heavy atom. The number of anilines is 1. The van der Waals surface area contributed by atoms with Crippen LogP contribution in [0.1, 0.15) is 22.7 Å². The molecular formula is C14H17N3. The van der Waals surface area contributed by atoms with Crippen molar-refractivity contribution in [1.82, 2.24) is 10.3 Å². The third-order valence-electron chi connectivity index (χ3n) is 2.95. The van der Waals surface area contributed by atoms with Crippen molar-refractivity contribution in [3.63, 3.8) is 0 Å². The van der Waals surface area contributed by atoms with Gasteiger partial charge in [0, 0.05) is 11.8 Å². The molecule has 3 N–H and O–H groups in total. The molecule has 2 rings (SSSR count). The van der Waals surface area contributed by atoms with E-state index in [-0.39, 0.29) is 6.04 Å². The Balaban J connectivity index is 2.50. The van der Waals surface area contributed by atoms with Crippen molar-refractivity contribution >= 4 is 5.82 Å². The van der Waals surface area contributed by atoms with Gasteiger partial charge in [-0.2, -0.15) is 0 Å². The maximum atomic E-state index is 5.98. The summed E-state index contributed by atoms with van der Waals surface area (Å²) in [5.41, 5.74) is 9.39. The van der Waals surface area contributed by atoms with E-state index in [0.717, 1.165) is 11.1 Å². The normalized spacial score (nSPS) is 12.4. The molecule has 0 radical (unpaired) electrons. The molecule has 3 heteroatoms. The zero-order valence-corrected chi connectivity index (χ0v) is 10.1. The van der Waals surface area contributed by atoms with Gasteiger partial charge in [-0.15, -0.1) is 0 Å². The lowest BCUT2D eigenvalue weighted by Gasteiger charge is -2.20. The number of nitrogens with one attached hydrogen (secondary N) is 1. The number of aryl methyl sites for hydroxylation is 1. The van der Waals surface area contributed by atoms with Crippen LogP contribution < -0.4 is 11.1 Å². The van der Waals surface area contributed by atoms with Gasteiger partial charge in [0.05, 0.1) is 6.04 Å². The fraction of sp³-hybridized carbons (Fsp3) is 0.214. The highest BCUT2D eigenvalue weighted by molar-refractivity contribution is 5.49. The average Bonchev–Trinajstić information content (AvgIpc) is 2.35. The number of benzene rings is 1. The van der Waals surface area contributed by atoms with Crippen molar-refractivity contribution in [3.05, 3.63) is 59.3 Å². The van der Waals surface area contributed by atoms with Gasteiger partial charge in [-0.1, -0.05) is 30.3 Å². The standard InChI is InChI=1S/C14H17N3/c1-10-8-9-17-14(15)12(10)13(16-2)11-6-4-3-5-7-11/h3-9,13,16H,1-2H3,(H2,15,17). The van der Waals surface area contributed by atoms with Gasteiger partial charge in [0.15, 0.2) is 0 Å². The third kappa shape index (κ3) is 2.29. The van der Waals surface area contributed by atoms with Crippen molar-refractivity contribution in [1.29, 1.82) is 0 Å². The van der Waals surface area contributed by atoms with Crippen LogP contribution in [-0.2, 0) is 0 Å². The number of hydrogen-bond donors (Lipinski definition) is 2. The summed E-state index contributed by atoms with van der Waals surface area (Å²) in [6.45, 7) is 2.06. The van der Waals surface area contributed by atoms with Gasteiger partial charge in [0.1, 0.15) is 5.82 Å². The zero-order chi connectivity index (χ0) is 12.3. The van der Waals surface area contributed by atoms with Crippen LogP contribution in [0.25, 0.3) is 0 Å². The Kier molecular flexibility index (Phi) is 3.40. The van der Waals surface area contributed by atoms with E-state index >= 15 is 0 Å². The summed E-state index contributed by atoms with van der Waals surface area (Å²) in [4.78, 5) is 4.17. The second-order valence-corrected chi connectivity index (χ2v) is 4.06. The molecule has 0 bridgehead atoms. The largest absolute Gasteiger partial charge is 0.383 e. The molecule has 0 saturated carbocycles. The van der Waals surface area contributed by atoms with Gasteiger partial charge in [0.25, 0.3) is 0 Å². The topological polar surface area (TPSA) is 50.9 Å². The summed E-state index contributed by atoms with van der Waals surface area (Å²) < 4.78 is 0. The lowest BCUT2D eigenvalue weighted by molar-refractivity contribution is 0.687. The Morgan fingerprint density at radius 1 is 1.18 bits per heavy atom. The van der Waals surface area contributed by atoms with Crippen LogP contribution in [0.5, 0.6) is 0 Å². The molecule has 1 atom stereocenters. The molecule has 0 fully saturated rings. The summed E-state index contributed by atoms with van der Waals surface area (Å²) in [6, 6.07) is 12.3. The van der Waals surface area contributed by atoms with E-state index in [0.29, 0.717) is 5.82 Å². The van der Waals surface area contributed by atoms with Crippen LogP contribution in [0.4, 0.5) is 5.82 Å². The molecule has 0 saturated heterocycles. The highest BCUT2D eigenvalue weighted by atomic mass is 14.9. The van der Waals surface area contributed by atoms with E-state index in [2.05, 4.69) is 29.4 Å². The predicted octanol–water partition coefficient (Wildman–Crippen LogP) is 2.28. The summed E-state index contributed by atoms with van der Waals surface area (Å²) in [6.07, 6.45) is 1.74. The highest BCUT2D eigenvalue weighted by Crippen LogP contribution is 2.27. The number of nitrogens with zero attached hydrogens (tertiary/aromatic N) is 1. The van der Waals surface area contributed by atoms with Crippen LogP contribution >= 0.6 is 0 Å².